The molecule has 1 aromatic heterocycles. The Balaban J connectivity index is 0.00000220. The van der Waals surface area contributed by atoms with Gasteiger partial charge in [-0.2, -0.15) is 0 Å². The van der Waals surface area contributed by atoms with Crippen LogP contribution in [0.15, 0.2) is 36.7 Å². The van der Waals surface area contributed by atoms with Crippen molar-refractivity contribution in [2.75, 3.05) is 7.11 Å². The third-order valence-electron chi connectivity index (χ3n) is 2.97. The Morgan fingerprint density at radius 3 is 2.81 bits per heavy atom. The number of ether oxygens (including phenoxy) is 1. The van der Waals surface area contributed by atoms with Crippen molar-refractivity contribution in [3.05, 3.63) is 58.4 Å². The summed E-state index contributed by atoms with van der Waals surface area (Å²) in [5.74, 6) is 0.468. The fourth-order valence-electron chi connectivity index (χ4n) is 1.82. The monoisotopic (exact) mass is 326 g/mol. The molecule has 4 nitrogen and oxygen atoms in total. The summed E-state index contributed by atoms with van der Waals surface area (Å²) in [6.45, 7) is 2.35. The number of aromatic nitrogens is 1. The zero-order valence-electron chi connectivity index (χ0n) is 11.7. The van der Waals surface area contributed by atoms with Crippen molar-refractivity contribution in [2.24, 2.45) is 0 Å². The third-order valence-corrected chi connectivity index (χ3v) is 3.27. The molecule has 0 bridgehead atoms. The average Bonchev–Trinajstić information content (AvgIpc) is 2.48. The largest absolute Gasteiger partial charge is 0.495 e. The van der Waals surface area contributed by atoms with E-state index in [1.165, 1.54) is 6.20 Å². The van der Waals surface area contributed by atoms with E-state index in [-0.39, 0.29) is 18.3 Å². The van der Waals surface area contributed by atoms with Gasteiger partial charge in [-0.3, -0.25) is 9.78 Å². The Labute approximate surface area is 134 Å². The second kappa shape index (κ2) is 7.86. The smallest absolute Gasteiger partial charge is 0.253 e. The normalized spacial score (nSPS) is 9.67. The number of hydrogen-bond acceptors (Lipinski definition) is 3. The van der Waals surface area contributed by atoms with E-state index in [1.807, 2.05) is 13.0 Å². The van der Waals surface area contributed by atoms with Crippen molar-refractivity contribution < 1.29 is 9.53 Å². The Hall–Kier alpha value is -1.78. The number of hydrogen-bond donors (Lipinski definition) is 1. The number of halogens is 2. The lowest BCUT2D eigenvalue weighted by atomic mass is 10.1. The molecule has 2 aromatic rings. The molecule has 0 saturated carbocycles. The van der Waals surface area contributed by atoms with Crippen LogP contribution in [0.2, 0.25) is 5.02 Å². The average molecular weight is 327 g/mol. The van der Waals surface area contributed by atoms with Gasteiger partial charge in [-0.1, -0.05) is 11.6 Å². The van der Waals surface area contributed by atoms with Crippen LogP contribution in [0.5, 0.6) is 5.75 Å². The molecule has 0 aliphatic heterocycles. The van der Waals surface area contributed by atoms with Crippen LogP contribution in [-0.2, 0) is 6.54 Å². The van der Waals surface area contributed by atoms with E-state index in [2.05, 4.69) is 10.3 Å². The van der Waals surface area contributed by atoms with Crippen LogP contribution >= 0.6 is 24.0 Å². The molecule has 1 N–H and O–H groups in total. The highest BCUT2D eigenvalue weighted by atomic mass is 35.5. The zero-order valence-corrected chi connectivity index (χ0v) is 13.3. The molecule has 6 heteroatoms. The first-order chi connectivity index (χ1) is 9.61. The van der Waals surface area contributed by atoms with Gasteiger partial charge in [0.2, 0.25) is 0 Å². The molecule has 0 aliphatic rings. The number of nitrogens with one attached hydrogen (secondary N) is 1. The van der Waals surface area contributed by atoms with Gasteiger partial charge in [-0.05, 0) is 42.3 Å². The molecule has 1 aromatic carbocycles. The van der Waals surface area contributed by atoms with Crippen molar-refractivity contribution in [2.45, 2.75) is 13.5 Å². The Kier molecular flexibility index (Phi) is 6.46. The molecule has 2 rings (SSSR count). The van der Waals surface area contributed by atoms with Crippen LogP contribution < -0.4 is 10.1 Å². The molecule has 112 valence electrons. The van der Waals surface area contributed by atoms with Crippen molar-refractivity contribution >= 4 is 29.9 Å². The van der Waals surface area contributed by atoms with Crippen molar-refractivity contribution in [1.29, 1.82) is 0 Å². The van der Waals surface area contributed by atoms with Crippen LogP contribution in [0.25, 0.3) is 0 Å². The van der Waals surface area contributed by atoms with E-state index >= 15 is 0 Å². The van der Waals surface area contributed by atoms with E-state index in [1.54, 1.807) is 31.5 Å². The molecular formula is C15H16Cl2N2O2. The maximum atomic E-state index is 11.9. The van der Waals surface area contributed by atoms with Gasteiger partial charge in [0.1, 0.15) is 5.75 Å². The summed E-state index contributed by atoms with van der Waals surface area (Å²) in [6.07, 6.45) is 3.16. The second-order valence-corrected chi connectivity index (χ2v) is 4.74. The predicted molar refractivity (Wildman–Crippen MR) is 85.4 cm³/mol. The molecule has 0 unspecified atom stereocenters. The standard InChI is InChI=1S/C15H15ClN2O2.ClH/c1-10-6-14(20-2)13(16)7-12(10)9-18-15(19)11-4-3-5-17-8-11;/h3-8H,9H2,1-2H3,(H,18,19);1H. The number of carbonyl (C=O) groups is 1. The van der Waals surface area contributed by atoms with Crippen LogP contribution in [-0.4, -0.2) is 18.0 Å². The van der Waals surface area contributed by atoms with Gasteiger partial charge in [0, 0.05) is 18.9 Å². The number of aryl methyl sites for hydroxylation is 1. The minimum atomic E-state index is -0.163. The van der Waals surface area contributed by atoms with Gasteiger partial charge in [-0.25, -0.2) is 0 Å². The molecule has 0 fully saturated rings. The van der Waals surface area contributed by atoms with Gasteiger partial charge in [0.15, 0.2) is 0 Å². The number of methoxy groups -OCH3 is 1. The number of amides is 1. The summed E-state index contributed by atoms with van der Waals surface area (Å²) in [7, 11) is 1.57. The fraction of sp³-hybridized carbons (Fsp3) is 0.200. The van der Waals surface area contributed by atoms with E-state index in [4.69, 9.17) is 16.3 Å². The van der Waals surface area contributed by atoms with Crippen LogP contribution in [0.4, 0.5) is 0 Å². The fourth-order valence-corrected chi connectivity index (χ4v) is 2.08. The molecule has 0 radical (unpaired) electrons. The minimum absolute atomic E-state index is 0. The van der Waals surface area contributed by atoms with Gasteiger partial charge >= 0.3 is 0 Å². The summed E-state index contributed by atoms with van der Waals surface area (Å²) >= 11 is 6.09. The van der Waals surface area contributed by atoms with E-state index in [9.17, 15) is 4.79 Å². The molecule has 0 atom stereocenters. The maximum Gasteiger partial charge on any atom is 0.253 e. The first-order valence-electron chi connectivity index (χ1n) is 6.13. The quantitative estimate of drug-likeness (QED) is 0.936. The molecule has 1 amide bonds. The number of pyridine rings is 1. The van der Waals surface area contributed by atoms with Crippen molar-refractivity contribution in [3.63, 3.8) is 0 Å². The van der Waals surface area contributed by atoms with Crippen molar-refractivity contribution in [1.82, 2.24) is 10.3 Å². The van der Waals surface area contributed by atoms with Gasteiger partial charge in [-0.15, -0.1) is 12.4 Å². The SMILES string of the molecule is COc1cc(C)c(CNC(=O)c2cccnc2)cc1Cl.Cl. The number of benzene rings is 1. The number of rotatable bonds is 4. The highest BCUT2D eigenvalue weighted by Gasteiger charge is 2.09. The topological polar surface area (TPSA) is 51.2 Å². The first kappa shape index (κ1) is 17.3. The second-order valence-electron chi connectivity index (χ2n) is 4.34. The highest BCUT2D eigenvalue weighted by molar-refractivity contribution is 6.32. The first-order valence-corrected chi connectivity index (χ1v) is 6.51. The maximum absolute atomic E-state index is 11.9. The van der Waals surface area contributed by atoms with Crippen LogP contribution in [0.3, 0.4) is 0 Å². The van der Waals surface area contributed by atoms with E-state index in [0.717, 1.165) is 11.1 Å². The summed E-state index contributed by atoms with van der Waals surface area (Å²) in [6, 6.07) is 7.10. The Morgan fingerprint density at radius 2 is 2.19 bits per heavy atom. The molecule has 0 aliphatic carbocycles. The van der Waals surface area contributed by atoms with Gasteiger partial charge < -0.3 is 10.1 Å². The highest BCUT2D eigenvalue weighted by Crippen LogP contribution is 2.27. The van der Waals surface area contributed by atoms with Gasteiger partial charge in [0.05, 0.1) is 17.7 Å². The summed E-state index contributed by atoms with van der Waals surface area (Å²) < 4.78 is 5.15. The van der Waals surface area contributed by atoms with Crippen LogP contribution in [0, 0.1) is 6.92 Å². The third kappa shape index (κ3) is 4.34. The predicted octanol–water partition coefficient (Wildman–Crippen LogP) is 3.40. The number of nitrogens with zero attached hydrogens (tertiary/aromatic N) is 1. The Morgan fingerprint density at radius 1 is 1.43 bits per heavy atom. The number of carbonyl (C=O) groups excluding carboxylic acids is 1. The lowest BCUT2D eigenvalue weighted by Crippen LogP contribution is -2.23. The van der Waals surface area contributed by atoms with E-state index < -0.39 is 0 Å². The van der Waals surface area contributed by atoms with E-state index in [0.29, 0.717) is 22.9 Å². The molecule has 1 heterocycles. The molecule has 21 heavy (non-hydrogen) atoms. The molecule has 0 saturated heterocycles. The lowest BCUT2D eigenvalue weighted by Gasteiger charge is -2.11. The summed E-state index contributed by atoms with van der Waals surface area (Å²) in [5.41, 5.74) is 2.50. The summed E-state index contributed by atoms with van der Waals surface area (Å²) in [5, 5.41) is 3.37. The molecular weight excluding hydrogens is 311 g/mol. The summed E-state index contributed by atoms with van der Waals surface area (Å²) in [4.78, 5) is 15.8. The molecule has 0 spiro atoms. The van der Waals surface area contributed by atoms with Gasteiger partial charge in [0.25, 0.3) is 5.91 Å². The Bertz CT molecular complexity index is 619. The minimum Gasteiger partial charge on any atom is -0.495 e. The lowest BCUT2D eigenvalue weighted by molar-refractivity contribution is 0.0950. The zero-order chi connectivity index (χ0) is 14.5. The van der Waals surface area contributed by atoms with Crippen LogP contribution in [0.1, 0.15) is 21.5 Å². The van der Waals surface area contributed by atoms with Crippen molar-refractivity contribution in [3.8, 4) is 5.75 Å².